The number of benzene rings is 2. The molecule has 1 aromatic heterocycles. The van der Waals surface area contributed by atoms with Crippen LogP contribution in [0.2, 0.25) is 0 Å². The summed E-state index contributed by atoms with van der Waals surface area (Å²) in [5.41, 5.74) is 0.550. The summed E-state index contributed by atoms with van der Waals surface area (Å²) < 4.78 is 11.0. The van der Waals surface area contributed by atoms with Crippen LogP contribution in [0.3, 0.4) is 0 Å². The average molecular weight is 415 g/mol. The van der Waals surface area contributed by atoms with E-state index in [1.807, 2.05) is 18.4 Å². The van der Waals surface area contributed by atoms with Crippen molar-refractivity contribution in [3.05, 3.63) is 52.4 Å². The number of carbonyl (C=O) groups is 2. The quantitative estimate of drug-likeness (QED) is 0.430. The molecular formula is C21H21NO6S. The summed E-state index contributed by atoms with van der Waals surface area (Å²) in [4.78, 5) is 35.6. The molecule has 0 saturated heterocycles. The second-order valence-corrected chi connectivity index (χ2v) is 7.51. The van der Waals surface area contributed by atoms with Gasteiger partial charge in [-0.3, -0.25) is 4.79 Å². The van der Waals surface area contributed by atoms with Gasteiger partial charge in [-0.15, -0.1) is 0 Å². The van der Waals surface area contributed by atoms with Crippen LogP contribution in [0.5, 0.6) is 5.75 Å². The van der Waals surface area contributed by atoms with Crippen molar-refractivity contribution in [1.29, 1.82) is 0 Å². The first-order chi connectivity index (χ1) is 13.9. The molecule has 29 heavy (non-hydrogen) atoms. The third kappa shape index (κ3) is 4.54. The molecule has 7 nitrogen and oxygen atoms in total. The fraction of sp³-hybridized carbons (Fsp3) is 0.286. The number of nitrogens with one attached hydrogen (secondary N) is 1. The number of rotatable bonds is 8. The van der Waals surface area contributed by atoms with E-state index in [0.29, 0.717) is 34.5 Å². The molecule has 0 saturated carbocycles. The maximum Gasteiger partial charge on any atom is 0.344 e. The normalized spacial score (nSPS) is 12.1. The largest absolute Gasteiger partial charge is 0.483 e. The van der Waals surface area contributed by atoms with Crippen molar-refractivity contribution in [2.24, 2.45) is 0 Å². The molecule has 0 aliphatic rings. The summed E-state index contributed by atoms with van der Waals surface area (Å²) >= 11 is 1.51. The van der Waals surface area contributed by atoms with E-state index in [0.717, 1.165) is 10.8 Å². The minimum absolute atomic E-state index is 0.329. The molecule has 0 unspecified atom stereocenters. The number of ether oxygens (including phenoxy) is 1. The fourth-order valence-electron chi connectivity index (χ4n) is 3.09. The second kappa shape index (κ2) is 9.00. The summed E-state index contributed by atoms with van der Waals surface area (Å²) in [6.07, 6.45) is 2.20. The van der Waals surface area contributed by atoms with Crippen LogP contribution in [-0.4, -0.2) is 41.6 Å². The monoisotopic (exact) mass is 415 g/mol. The van der Waals surface area contributed by atoms with Gasteiger partial charge in [0.2, 0.25) is 0 Å². The van der Waals surface area contributed by atoms with E-state index in [9.17, 15) is 19.5 Å². The zero-order valence-electron chi connectivity index (χ0n) is 16.1. The summed E-state index contributed by atoms with van der Waals surface area (Å²) in [6, 6.07) is 9.71. The Morgan fingerprint density at radius 2 is 1.90 bits per heavy atom. The summed E-state index contributed by atoms with van der Waals surface area (Å²) in [7, 11) is 0. The number of hydrogen-bond acceptors (Lipinski definition) is 6. The molecule has 0 aliphatic carbocycles. The molecule has 1 amide bonds. The Hall–Kier alpha value is -3.00. The smallest absolute Gasteiger partial charge is 0.344 e. The number of thioether (sulfide) groups is 1. The van der Waals surface area contributed by atoms with Crippen molar-refractivity contribution < 1.29 is 23.8 Å². The zero-order valence-corrected chi connectivity index (χ0v) is 16.9. The van der Waals surface area contributed by atoms with Crippen LogP contribution >= 0.6 is 11.8 Å². The third-order valence-electron chi connectivity index (χ3n) is 4.59. The lowest BCUT2D eigenvalue weighted by Crippen LogP contribution is -2.43. The predicted molar refractivity (Wildman–Crippen MR) is 113 cm³/mol. The molecule has 0 bridgehead atoms. The van der Waals surface area contributed by atoms with E-state index < -0.39 is 23.5 Å². The molecule has 2 aromatic carbocycles. The van der Waals surface area contributed by atoms with Gasteiger partial charge in [-0.1, -0.05) is 18.2 Å². The molecule has 152 valence electrons. The SMILES string of the molecule is CSCC[C@H](NC(=O)COc1ccc2c(oc(=O)c3ccccc32)c1C)C(=O)O. The van der Waals surface area contributed by atoms with E-state index >= 15 is 0 Å². The molecule has 0 radical (unpaired) electrons. The Labute approximate surface area is 171 Å². The Morgan fingerprint density at radius 3 is 2.59 bits per heavy atom. The molecule has 1 heterocycles. The van der Waals surface area contributed by atoms with Crippen LogP contribution in [0.25, 0.3) is 21.7 Å². The number of carboxylic acids is 1. The summed E-state index contributed by atoms with van der Waals surface area (Å²) in [6.45, 7) is 1.40. The van der Waals surface area contributed by atoms with Gasteiger partial charge in [0.1, 0.15) is 17.4 Å². The lowest BCUT2D eigenvalue weighted by molar-refractivity contribution is -0.142. The summed E-state index contributed by atoms with van der Waals surface area (Å²) in [5.74, 6) is -0.600. The second-order valence-electron chi connectivity index (χ2n) is 6.53. The van der Waals surface area contributed by atoms with Crippen LogP contribution in [0.15, 0.2) is 45.6 Å². The van der Waals surface area contributed by atoms with Crippen LogP contribution in [0, 0.1) is 6.92 Å². The molecule has 0 fully saturated rings. The number of fused-ring (bicyclic) bond motifs is 3. The first-order valence-corrected chi connectivity index (χ1v) is 10.4. The van der Waals surface area contributed by atoms with Crippen molar-refractivity contribution in [3.63, 3.8) is 0 Å². The third-order valence-corrected chi connectivity index (χ3v) is 5.23. The molecular weight excluding hydrogens is 394 g/mol. The van der Waals surface area contributed by atoms with Crippen molar-refractivity contribution in [3.8, 4) is 5.75 Å². The lowest BCUT2D eigenvalue weighted by Gasteiger charge is -2.15. The first kappa shape index (κ1) is 20.7. The number of carboxylic acid groups (broad SMARTS) is 1. The van der Waals surface area contributed by atoms with E-state index in [1.54, 1.807) is 31.2 Å². The van der Waals surface area contributed by atoms with Gasteiger partial charge in [0.05, 0.1) is 5.39 Å². The highest BCUT2D eigenvalue weighted by atomic mass is 32.2. The predicted octanol–water partition coefficient (Wildman–Crippen LogP) is 2.96. The first-order valence-electron chi connectivity index (χ1n) is 9.01. The van der Waals surface area contributed by atoms with Gasteiger partial charge in [-0.2, -0.15) is 11.8 Å². The number of hydrogen-bond donors (Lipinski definition) is 2. The highest BCUT2D eigenvalue weighted by molar-refractivity contribution is 7.98. The van der Waals surface area contributed by atoms with Crippen LogP contribution in [-0.2, 0) is 9.59 Å². The van der Waals surface area contributed by atoms with Crippen molar-refractivity contribution >= 4 is 45.4 Å². The molecule has 2 N–H and O–H groups in total. The van der Waals surface area contributed by atoms with Gasteiger partial charge in [-0.25, -0.2) is 9.59 Å². The molecule has 8 heteroatoms. The van der Waals surface area contributed by atoms with Crippen molar-refractivity contribution in [1.82, 2.24) is 5.32 Å². The number of aryl methyl sites for hydroxylation is 1. The van der Waals surface area contributed by atoms with Crippen LogP contribution in [0.4, 0.5) is 0 Å². The maximum atomic E-state index is 12.3. The molecule has 0 aliphatic heterocycles. The molecule has 3 rings (SSSR count). The molecule has 0 spiro atoms. The van der Waals surface area contributed by atoms with Crippen molar-refractivity contribution in [2.75, 3.05) is 18.6 Å². The van der Waals surface area contributed by atoms with Crippen LogP contribution < -0.4 is 15.7 Å². The summed E-state index contributed by atoms with van der Waals surface area (Å²) in [5, 5.41) is 13.7. The Balaban J connectivity index is 1.79. The minimum Gasteiger partial charge on any atom is -0.483 e. The number of amides is 1. The lowest BCUT2D eigenvalue weighted by atomic mass is 10.0. The molecule has 3 aromatic rings. The van der Waals surface area contributed by atoms with Gasteiger partial charge in [0, 0.05) is 10.9 Å². The number of carbonyl (C=O) groups excluding carboxylic acids is 1. The van der Waals surface area contributed by atoms with Gasteiger partial charge in [0.25, 0.3) is 5.91 Å². The Bertz CT molecular complexity index is 1120. The Morgan fingerprint density at radius 1 is 1.17 bits per heavy atom. The molecule has 1 atom stereocenters. The van der Waals surface area contributed by atoms with E-state index in [4.69, 9.17) is 9.15 Å². The standard InChI is InChI=1S/C21H21NO6S/c1-12-17(27-11-18(23)22-16(20(24)25)9-10-29-2)8-7-14-13-5-3-4-6-15(13)21(26)28-19(12)14/h3-8,16H,9-11H2,1-2H3,(H,22,23)(H,24,25)/t16-/m0/s1. The van der Waals surface area contributed by atoms with Crippen molar-refractivity contribution in [2.45, 2.75) is 19.4 Å². The van der Waals surface area contributed by atoms with E-state index in [-0.39, 0.29) is 6.61 Å². The Kier molecular flexibility index (Phi) is 6.43. The zero-order chi connectivity index (χ0) is 21.0. The fourth-order valence-corrected chi connectivity index (χ4v) is 3.56. The van der Waals surface area contributed by atoms with Gasteiger partial charge < -0.3 is 19.6 Å². The highest BCUT2D eigenvalue weighted by Gasteiger charge is 2.20. The van der Waals surface area contributed by atoms with E-state index in [2.05, 4.69) is 5.32 Å². The van der Waals surface area contributed by atoms with Gasteiger partial charge in [0.15, 0.2) is 6.61 Å². The van der Waals surface area contributed by atoms with Gasteiger partial charge in [-0.05, 0) is 48.9 Å². The van der Waals surface area contributed by atoms with E-state index in [1.165, 1.54) is 11.8 Å². The highest BCUT2D eigenvalue weighted by Crippen LogP contribution is 2.30. The van der Waals surface area contributed by atoms with Gasteiger partial charge >= 0.3 is 11.6 Å². The minimum atomic E-state index is -1.08. The topological polar surface area (TPSA) is 106 Å². The maximum absolute atomic E-state index is 12.3. The van der Waals surface area contributed by atoms with Crippen LogP contribution in [0.1, 0.15) is 12.0 Å². The average Bonchev–Trinajstić information content (AvgIpc) is 2.71. The number of aliphatic carboxylic acids is 1.